The molecule has 92 valence electrons. The monoisotopic (exact) mass is 236 g/mol. The lowest BCUT2D eigenvalue weighted by molar-refractivity contribution is -0.685. The van der Waals surface area contributed by atoms with Gasteiger partial charge in [0.25, 0.3) is 5.91 Å². The number of aromatic carboxylic acids is 1. The molecule has 5 heteroatoms. The molecule has 0 aliphatic rings. The second kappa shape index (κ2) is 5.98. The Morgan fingerprint density at radius 3 is 2.53 bits per heavy atom. The minimum atomic E-state index is -1.24. The van der Waals surface area contributed by atoms with Crippen LogP contribution >= 0.6 is 0 Å². The average Bonchev–Trinajstić information content (AvgIpc) is 2.30. The zero-order valence-corrected chi connectivity index (χ0v) is 10.0. The molecule has 0 fully saturated rings. The second-order valence-electron chi connectivity index (χ2n) is 3.62. The van der Waals surface area contributed by atoms with E-state index in [2.05, 4.69) is 0 Å². The molecule has 0 radical (unpaired) electrons. The van der Waals surface area contributed by atoms with Crippen molar-refractivity contribution < 1.29 is 19.3 Å². The van der Waals surface area contributed by atoms with Crippen LogP contribution in [0.15, 0.2) is 24.5 Å². The molecule has 0 spiro atoms. The number of likely N-dealkylation sites (N-methyl/N-ethyl adjacent to an activating group) is 1. The minimum absolute atomic E-state index is 0.0319. The molecule has 0 atom stereocenters. The van der Waals surface area contributed by atoms with Gasteiger partial charge >= 0.3 is 0 Å². The number of rotatable bonds is 5. The van der Waals surface area contributed by atoms with Gasteiger partial charge in [-0.05, 0) is 19.9 Å². The van der Waals surface area contributed by atoms with Crippen LogP contribution in [0.1, 0.15) is 24.2 Å². The molecule has 1 heterocycles. The average molecular weight is 236 g/mol. The highest BCUT2D eigenvalue weighted by atomic mass is 16.4. The Morgan fingerprint density at radius 2 is 2.00 bits per heavy atom. The largest absolute Gasteiger partial charge is 0.545 e. The Kier molecular flexibility index (Phi) is 4.63. The van der Waals surface area contributed by atoms with Gasteiger partial charge in [-0.15, -0.1) is 0 Å². The number of carboxylic acid groups (broad SMARTS) is 1. The summed E-state index contributed by atoms with van der Waals surface area (Å²) >= 11 is 0. The topological polar surface area (TPSA) is 64.3 Å². The fourth-order valence-corrected chi connectivity index (χ4v) is 1.57. The molecule has 1 aromatic heterocycles. The molecular formula is C12H16N2O3. The molecule has 0 aromatic carbocycles. The lowest BCUT2D eigenvalue weighted by Gasteiger charge is -2.16. The summed E-state index contributed by atoms with van der Waals surface area (Å²) in [5, 5.41) is 10.7. The molecular weight excluding hydrogens is 220 g/mol. The van der Waals surface area contributed by atoms with Crippen LogP contribution in [-0.4, -0.2) is 29.9 Å². The van der Waals surface area contributed by atoms with E-state index in [0.29, 0.717) is 13.1 Å². The van der Waals surface area contributed by atoms with E-state index in [9.17, 15) is 14.7 Å². The predicted octanol–water partition coefficient (Wildman–Crippen LogP) is -0.794. The van der Waals surface area contributed by atoms with Gasteiger partial charge in [-0.2, -0.15) is 4.57 Å². The summed E-state index contributed by atoms with van der Waals surface area (Å²) in [4.78, 5) is 24.2. The molecule has 0 saturated heterocycles. The highest BCUT2D eigenvalue weighted by Gasteiger charge is 2.15. The Morgan fingerprint density at radius 1 is 1.35 bits per heavy atom. The lowest BCUT2D eigenvalue weighted by atomic mass is 10.3. The predicted molar refractivity (Wildman–Crippen MR) is 58.9 cm³/mol. The van der Waals surface area contributed by atoms with Gasteiger partial charge in [0.05, 0.1) is 11.5 Å². The van der Waals surface area contributed by atoms with Crippen LogP contribution in [0.2, 0.25) is 0 Å². The van der Waals surface area contributed by atoms with Gasteiger partial charge in [0.2, 0.25) is 6.54 Å². The van der Waals surface area contributed by atoms with Crippen LogP contribution in [0.25, 0.3) is 0 Å². The standard InChI is InChI=1S/C12H16N2O3/c1-3-14(4-2)11(15)9-13-7-5-6-10(8-13)12(16)17/h5-8H,3-4,9H2,1-2H3. The summed E-state index contributed by atoms with van der Waals surface area (Å²) in [6.45, 7) is 5.25. The third-order valence-electron chi connectivity index (χ3n) is 2.53. The number of hydrogen-bond donors (Lipinski definition) is 0. The van der Waals surface area contributed by atoms with Gasteiger partial charge in [-0.1, -0.05) is 0 Å². The van der Waals surface area contributed by atoms with Crippen molar-refractivity contribution in [2.45, 2.75) is 20.4 Å². The quantitative estimate of drug-likeness (QED) is 0.629. The summed E-state index contributed by atoms with van der Waals surface area (Å²) in [5.41, 5.74) is 0.0693. The van der Waals surface area contributed by atoms with Crippen LogP contribution in [0.4, 0.5) is 0 Å². The fourth-order valence-electron chi connectivity index (χ4n) is 1.57. The van der Waals surface area contributed by atoms with E-state index in [1.807, 2.05) is 13.8 Å². The summed E-state index contributed by atoms with van der Waals surface area (Å²) in [7, 11) is 0. The van der Waals surface area contributed by atoms with E-state index >= 15 is 0 Å². The lowest BCUT2D eigenvalue weighted by Crippen LogP contribution is -2.45. The zero-order chi connectivity index (χ0) is 12.8. The maximum atomic E-state index is 11.8. The summed E-state index contributed by atoms with van der Waals surface area (Å²) in [6, 6.07) is 3.02. The smallest absolute Gasteiger partial charge is 0.288 e. The van der Waals surface area contributed by atoms with E-state index in [1.54, 1.807) is 21.7 Å². The first-order valence-corrected chi connectivity index (χ1v) is 5.56. The molecule has 0 unspecified atom stereocenters. The number of carbonyl (C=O) groups is 2. The summed E-state index contributed by atoms with van der Waals surface area (Å²) < 4.78 is 1.55. The molecule has 1 rings (SSSR count). The number of amides is 1. The molecule has 0 bridgehead atoms. The Balaban J connectivity index is 2.78. The van der Waals surface area contributed by atoms with Crippen molar-refractivity contribution >= 4 is 11.9 Å². The van der Waals surface area contributed by atoms with Gasteiger partial charge < -0.3 is 14.8 Å². The Labute approximate surface area is 100 Å². The molecule has 0 N–H and O–H groups in total. The number of hydrogen-bond acceptors (Lipinski definition) is 3. The SMILES string of the molecule is CCN(CC)C(=O)C[n+]1cccc(C(=O)[O-])c1. The van der Waals surface area contributed by atoms with Crippen LogP contribution in [0.3, 0.4) is 0 Å². The van der Waals surface area contributed by atoms with Gasteiger partial charge in [0, 0.05) is 19.2 Å². The first-order chi connectivity index (χ1) is 8.08. The number of pyridine rings is 1. The van der Waals surface area contributed by atoms with E-state index in [4.69, 9.17) is 0 Å². The van der Waals surface area contributed by atoms with E-state index in [-0.39, 0.29) is 18.0 Å². The van der Waals surface area contributed by atoms with Crippen LogP contribution in [0, 0.1) is 0 Å². The van der Waals surface area contributed by atoms with Crippen molar-refractivity contribution in [3.05, 3.63) is 30.1 Å². The third kappa shape index (κ3) is 3.55. The van der Waals surface area contributed by atoms with Crippen molar-refractivity contribution in [2.75, 3.05) is 13.1 Å². The van der Waals surface area contributed by atoms with Crippen molar-refractivity contribution in [3.63, 3.8) is 0 Å². The van der Waals surface area contributed by atoms with E-state index < -0.39 is 5.97 Å². The van der Waals surface area contributed by atoms with E-state index in [1.165, 1.54) is 12.3 Å². The number of carboxylic acids is 1. The normalized spacial score (nSPS) is 10.0. The molecule has 0 saturated carbocycles. The number of aromatic nitrogens is 1. The molecule has 0 aliphatic heterocycles. The first kappa shape index (κ1) is 13.2. The zero-order valence-electron chi connectivity index (χ0n) is 10.0. The maximum Gasteiger partial charge on any atom is 0.288 e. The Hall–Kier alpha value is -1.91. The van der Waals surface area contributed by atoms with Crippen LogP contribution in [0.5, 0.6) is 0 Å². The van der Waals surface area contributed by atoms with Gasteiger partial charge in [0.1, 0.15) is 0 Å². The molecule has 1 aromatic rings. The van der Waals surface area contributed by atoms with Gasteiger partial charge in [-0.25, -0.2) is 0 Å². The fraction of sp³-hybridized carbons (Fsp3) is 0.417. The third-order valence-corrected chi connectivity index (χ3v) is 2.53. The Bertz CT molecular complexity index is 414. The van der Waals surface area contributed by atoms with Crippen molar-refractivity contribution in [3.8, 4) is 0 Å². The van der Waals surface area contributed by atoms with Crippen molar-refractivity contribution in [1.29, 1.82) is 0 Å². The first-order valence-electron chi connectivity index (χ1n) is 5.56. The summed E-state index contributed by atoms with van der Waals surface area (Å²) in [5.74, 6) is -1.27. The molecule has 17 heavy (non-hydrogen) atoms. The van der Waals surface area contributed by atoms with Gasteiger partial charge in [-0.3, -0.25) is 4.79 Å². The molecule has 0 aliphatic carbocycles. The van der Waals surface area contributed by atoms with E-state index in [0.717, 1.165) is 0 Å². The van der Waals surface area contributed by atoms with Gasteiger partial charge in [0.15, 0.2) is 12.4 Å². The highest BCUT2D eigenvalue weighted by Crippen LogP contribution is 1.93. The van der Waals surface area contributed by atoms with Crippen molar-refractivity contribution in [2.24, 2.45) is 0 Å². The summed E-state index contributed by atoms with van der Waals surface area (Å²) in [6.07, 6.45) is 3.06. The van der Waals surface area contributed by atoms with Crippen LogP contribution in [-0.2, 0) is 11.3 Å². The second-order valence-corrected chi connectivity index (χ2v) is 3.62. The minimum Gasteiger partial charge on any atom is -0.545 e. The highest BCUT2D eigenvalue weighted by molar-refractivity contribution is 5.84. The maximum absolute atomic E-state index is 11.8. The van der Waals surface area contributed by atoms with Crippen LogP contribution < -0.4 is 9.67 Å². The number of nitrogens with zero attached hydrogens (tertiary/aromatic N) is 2. The van der Waals surface area contributed by atoms with Crippen molar-refractivity contribution in [1.82, 2.24) is 4.90 Å². The number of carbonyl (C=O) groups excluding carboxylic acids is 2. The molecule has 5 nitrogen and oxygen atoms in total. The molecule has 1 amide bonds.